The molecule has 0 radical (unpaired) electrons. The number of hydrogen-bond acceptors (Lipinski definition) is 4. The Labute approximate surface area is 186 Å². The molecule has 1 saturated heterocycles. The summed E-state index contributed by atoms with van der Waals surface area (Å²) in [4.78, 5) is 27.4. The zero-order valence-electron chi connectivity index (χ0n) is 18.3. The third kappa shape index (κ3) is 4.42. The van der Waals surface area contributed by atoms with Gasteiger partial charge in [-0.2, -0.15) is 5.10 Å². The molecule has 0 spiro atoms. The fraction of sp³-hybridized carbons (Fsp3) is 0.320. The first-order valence-corrected chi connectivity index (χ1v) is 10.9. The Morgan fingerprint density at radius 2 is 1.91 bits per heavy atom. The van der Waals surface area contributed by atoms with Crippen molar-refractivity contribution in [2.24, 2.45) is 5.92 Å². The lowest BCUT2D eigenvalue weighted by molar-refractivity contribution is -0.149. The number of carbonyl (C=O) groups is 2. The molecule has 3 aromatic rings. The average Bonchev–Trinajstić information content (AvgIpc) is 3.25. The Hall–Kier alpha value is -3.48. The summed E-state index contributed by atoms with van der Waals surface area (Å²) in [5.41, 5.74) is 2.83. The normalized spacial score (nSPS) is 16.1. The van der Waals surface area contributed by atoms with Crippen LogP contribution in [0, 0.1) is 18.7 Å². The number of likely N-dealkylation sites (tertiary alicyclic amines) is 1. The molecule has 32 heavy (non-hydrogen) atoms. The first-order valence-electron chi connectivity index (χ1n) is 10.9. The number of aryl methyl sites for hydroxylation is 1. The summed E-state index contributed by atoms with van der Waals surface area (Å²) in [6, 6.07) is 15.6. The molecule has 1 fully saturated rings. The van der Waals surface area contributed by atoms with Gasteiger partial charge < -0.3 is 9.64 Å². The summed E-state index contributed by atoms with van der Waals surface area (Å²) < 4.78 is 21.2. The molecule has 2 heterocycles. The molecule has 2 aromatic carbocycles. The van der Waals surface area contributed by atoms with Crippen molar-refractivity contribution in [3.8, 4) is 16.9 Å². The second-order valence-electron chi connectivity index (χ2n) is 7.98. The van der Waals surface area contributed by atoms with Gasteiger partial charge in [0.05, 0.1) is 23.9 Å². The predicted octanol–water partition coefficient (Wildman–Crippen LogP) is 4.40. The van der Waals surface area contributed by atoms with Crippen molar-refractivity contribution in [2.45, 2.75) is 26.7 Å². The number of halogens is 1. The number of carbonyl (C=O) groups excluding carboxylic acids is 2. The van der Waals surface area contributed by atoms with Crippen molar-refractivity contribution in [2.75, 3.05) is 19.7 Å². The van der Waals surface area contributed by atoms with E-state index in [0.29, 0.717) is 55.2 Å². The number of ether oxygens (including phenoxy) is 1. The topological polar surface area (TPSA) is 64.4 Å². The molecule has 0 bridgehead atoms. The minimum Gasteiger partial charge on any atom is -0.466 e. The summed E-state index contributed by atoms with van der Waals surface area (Å²) in [6.07, 6.45) is 1.41. The van der Waals surface area contributed by atoms with Gasteiger partial charge in [-0.25, -0.2) is 9.07 Å². The van der Waals surface area contributed by atoms with E-state index in [0.717, 1.165) is 5.56 Å². The predicted molar refractivity (Wildman–Crippen MR) is 119 cm³/mol. The molecule has 0 N–H and O–H groups in total. The number of benzene rings is 2. The lowest BCUT2D eigenvalue weighted by atomic mass is 9.98. The van der Waals surface area contributed by atoms with Crippen molar-refractivity contribution in [1.82, 2.24) is 14.7 Å². The SMILES string of the molecule is CCOC(=O)C1CCCN(C(=O)c2cc(-c3ccccc3F)nn2-c2ccc(C)cc2)C1. The monoisotopic (exact) mass is 435 g/mol. The van der Waals surface area contributed by atoms with E-state index in [9.17, 15) is 14.0 Å². The van der Waals surface area contributed by atoms with Crippen molar-refractivity contribution in [3.63, 3.8) is 0 Å². The third-order valence-electron chi connectivity index (χ3n) is 5.69. The van der Waals surface area contributed by atoms with Crippen LogP contribution in [0.4, 0.5) is 4.39 Å². The lowest BCUT2D eigenvalue weighted by Crippen LogP contribution is -2.43. The van der Waals surface area contributed by atoms with Gasteiger partial charge in [0.15, 0.2) is 0 Å². The number of hydrogen-bond donors (Lipinski definition) is 0. The maximum absolute atomic E-state index is 14.4. The molecule has 1 amide bonds. The van der Waals surface area contributed by atoms with E-state index in [1.54, 1.807) is 40.8 Å². The Morgan fingerprint density at radius 3 is 2.62 bits per heavy atom. The van der Waals surface area contributed by atoms with E-state index in [1.807, 2.05) is 31.2 Å². The molecule has 1 aromatic heterocycles. The Morgan fingerprint density at radius 1 is 1.16 bits per heavy atom. The largest absolute Gasteiger partial charge is 0.466 e. The number of rotatable bonds is 5. The molecule has 4 rings (SSSR count). The van der Waals surface area contributed by atoms with Crippen molar-refractivity contribution in [1.29, 1.82) is 0 Å². The molecule has 1 aliphatic heterocycles. The highest BCUT2D eigenvalue weighted by Crippen LogP contribution is 2.27. The molecule has 6 nitrogen and oxygen atoms in total. The zero-order chi connectivity index (χ0) is 22.7. The van der Waals surface area contributed by atoms with Crippen LogP contribution in [0.3, 0.4) is 0 Å². The quantitative estimate of drug-likeness (QED) is 0.557. The minimum atomic E-state index is -0.402. The fourth-order valence-electron chi connectivity index (χ4n) is 3.99. The molecule has 1 unspecified atom stereocenters. The van der Waals surface area contributed by atoms with E-state index >= 15 is 0 Å². The third-order valence-corrected chi connectivity index (χ3v) is 5.69. The molecule has 7 heteroatoms. The van der Waals surface area contributed by atoms with Gasteiger partial charge in [-0.1, -0.05) is 29.8 Å². The summed E-state index contributed by atoms with van der Waals surface area (Å²) >= 11 is 0. The number of aromatic nitrogens is 2. The fourth-order valence-corrected chi connectivity index (χ4v) is 3.99. The standard InChI is InChI=1S/C25H26FN3O3/c1-3-32-25(31)18-7-6-14-28(16-18)24(30)23-15-22(20-8-4-5-9-21(20)26)27-29(23)19-12-10-17(2)11-13-19/h4-5,8-13,15,18H,3,6-7,14,16H2,1-2H3. The average molecular weight is 435 g/mol. The van der Waals surface area contributed by atoms with E-state index in [4.69, 9.17) is 4.74 Å². The Kier molecular flexibility index (Phi) is 6.35. The van der Waals surface area contributed by atoms with Crippen LogP contribution in [0.2, 0.25) is 0 Å². The van der Waals surface area contributed by atoms with E-state index in [2.05, 4.69) is 5.10 Å². The number of amides is 1. The van der Waals surface area contributed by atoms with Crippen molar-refractivity contribution in [3.05, 3.63) is 71.7 Å². The Bertz CT molecular complexity index is 1120. The second kappa shape index (κ2) is 9.34. The molecule has 1 atom stereocenters. The molecular weight excluding hydrogens is 409 g/mol. The summed E-state index contributed by atoms with van der Waals surface area (Å²) in [6.45, 7) is 4.91. The van der Waals surface area contributed by atoms with Crippen molar-refractivity contribution < 1.29 is 18.7 Å². The highest BCUT2D eigenvalue weighted by atomic mass is 19.1. The highest BCUT2D eigenvalue weighted by molar-refractivity contribution is 5.95. The van der Waals surface area contributed by atoms with Gasteiger partial charge >= 0.3 is 5.97 Å². The summed E-state index contributed by atoms with van der Waals surface area (Å²) in [5, 5.41) is 4.58. The van der Waals surface area contributed by atoms with Gasteiger partial charge in [0, 0.05) is 18.7 Å². The highest BCUT2D eigenvalue weighted by Gasteiger charge is 2.32. The molecular formula is C25H26FN3O3. The minimum absolute atomic E-state index is 0.241. The van der Waals surface area contributed by atoms with Gasteiger partial charge in [0.25, 0.3) is 5.91 Å². The molecule has 0 aliphatic carbocycles. The van der Waals surface area contributed by atoms with Crippen LogP contribution in [-0.4, -0.2) is 46.3 Å². The van der Waals surface area contributed by atoms with Crippen LogP contribution in [0.15, 0.2) is 54.6 Å². The van der Waals surface area contributed by atoms with Crippen LogP contribution in [0.5, 0.6) is 0 Å². The Balaban J connectivity index is 1.71. The van der Waals surface area contributed by atoms with Crippen LogP contribution >= 0.6 is 0 Å². The zero-order valence-corrected chi connectivity index (χ0v) is 18.3. The smallest absolute Gasteiger partial charge is 0.310 e. The first-order chi connectivity index (χ1) is 15.5. The summed E-state index contributed by atoms with van der Waals surface area (Å²) in [7, 11) is 0. The van der Waals surface area contributed by atoms with Crippen molar-refractivity contribution >= 4 is 11.9 Å². The number of nitrogens with zero attached hydrogens (tertiary/aromatic N) is 3. The van der Waals surface area contributed by atoms with Gasteiger partial charge in [-0.05, 0) is 57.0 Å². The van der Waals surface area contributed by atoms with Gasteiger partial charge in [-0.15, -0.1) is 0 Å². The van der Waals surface area contributed by atoms with Gasteiger partial charge in [-0.3, -0.25) is 9.59 Å². The van der Waals surface area contributed by atoms with Crippen LogP contribution in [-0.2, 0) is 9.53 Å². The van der Waals surface area contributed by atoms with Gasteiger partial charge in [0.2, 0.25) is 0 Å². The van der Waals surface area contributed by atoms with E-state index < -0.39 is 5.82 Å². The number of piperidine rings is 1. The molecule has 1 aliphatic rings. The van der Waals surface area contributed by atoms with Crippen LogP contribution < -0.4 is 0 Å². The first kappa shape index (κ1) is 21.7. The molecule has 0 saturated carbocycles. The van der Waals surface area contributed by atoms with Crippen LogP contribution in [0.1, 0.15) is 35.8 Å². The maximum Gasteiger partial charge on any atom is 0.310 e. The van der Waals surface area contributed by atoms with Crippen LogP contribution in [0.25, 0.3) is 16.9 Å². The van der Waals surface area contributed by atoms with Gasteiger partial charge in [0.1, 0.15) is 11.5 Å². The maximum atomic E-state index is 14.4. The summed E-state index contributed by atoms with van der Waals surface area (Å²) in [5.74, 6) is -1.26. The second-order valence-corrected chi connectivity index (χ2v) is 7.98. The number of esters is 1. The van der Waals surface area contributed by atoms with E-state index in [-0.39, 0.29) is 17.8 Å². The van der Waals surface area contributed by atoms with E-state index in [1.165, 1.54) is 6.07 Å². The molecule has 166 valence electrons. The lowest BCUT2D eigenvalue weighted by Gasteiger charge is -2.31.